The number of anilines is 1. The molecule has 1 N–H and O–H groups in total. The van der Waals surface area contributed by atoms with E-state index in [9.17, 15) is 4.79 Å². The minimum atomic E-state index is -0.152. The van der Waals surface area contributed by atoms with E-state index in [1.807, 2.05) is 12.3 Å². The summed E-state index contributed by atoms with van der Waals surface area (Å²) in [5.74, 6) is 0.574. The van der Waals surface area contributed by atoms with Gasteiger partial charge in [0.25, 0.3) is 5.56 Å². The van der Waals surface area contributed by atoms with Crippen LogP contribution in [0.4, 0.5) is 5.69 Å². The van der Waals surface area contributed by atoms with Crippen molar-refractivity contribution in [2.24, 2.45) is 5.92 Å². The zero-order valence-electron chi connectivity index (χ0n) is 11.8. The molecule has 0 spiro atoms. The van der Waals surface area contributed by atoms with Crippen LogP contribution >= 0.6 is 22.9 Å². The Morgan fingerprint density at radius 1 is 1.52 bits per heavy atom. The Morgan fingerprint density at radius 3 is 2.95 bits per heavy atom. The maximum absolute atomic E-state index is 12.4. The molecule has 5 nitrogen and oxygen atoms in total. The topological polar surface area (TPSA) is 59.8 Å². The predicted molar refractivity (Wildman–Crippen MR) is 85.0 cm³/mol. The molecule has 0 aliphatic heterocycles. The molecule has 2 aromatic rings. The van der Waals surface area contributed by atoms with Gasteiger partial charge in [-0.1, -0.05) is 18.0 Å². The van der Waals surface area contributed by atoms with Crippen LogP contribution < -0.4 is 10.9 Å². The summed E-state index contributed by atoms with van der Waals surface area (Å²) in [7, 11) is 0. The molecular weight excluding hydrogens is 308 g/mol. The van der Waals surface area contributed by atoms with Gasteiger partial charge in [-0.3, -0.25) is 4.79 Å². The molecule has 0 saturated heterocycles. The molecule has 112 valence electrons. The summed E-state index contributed by atoms with van der Waals surface area (Å²) in [5.41, 5.74) is 1.17. The summed E-state index contributed by atoms with van der Waals surface area (Å²) in [4.78, 5) is 16.8. The summed E-state index contributed by atoms with van der Waals surface area (Å²) in [6, 6.07) is 0. The minimum absolute atomic E-state index is 0.152. The molecule has 21 heavy (non-hydrogen) atoms. The Balaban J connectivity index is 1.76. The first-order valence-electron chi connectivity index (χ1n) is 7.04. The van der Waals surface area contributed by atoms with Gasteiger partial charge in [-0.15, -0.1) is 11.3 Å². The normalized spacial score (nSPS) is 15.0. The fourth-order valence-electron chi connectivity index (χ4n) is 2.35. The molecule has 1 saturated carbocycles. The van der Waals surface area contributed by atoms with Crippen molar-refractivity contribution in [3.63, 3.8) is 0 Å². The van der Waals surface area contributed by atoms with Gasteiger partial charge in [0.1, 0.15) is 5.69 Å². The molecule has 0 bridgehead atoms. The Morgan fingerprint density at radius 2 is 2.33 bits per heavy atom. The van der Waals surface area contributed by atoms with Crippen LogP contribution in [0, 0.1) is 12.8 Å². The van der Waals surface area contributed by atoms with Crippen molar-refractivity contribution in [1.82, 2.24) is 14.8 Å². The largest absolute Gasteiger partial charge is 0.374 e. The van der Waals surface area contributed by atoms with Crippen LogP contribution in [-0.2, 0) is 13.1 Å². The Kier molecular flexibility index (Phi) is 4.26. The van der Waals surface area contributed by atoms with E-state index in [1.165, 1.54) is 30.1 Å². The van der Waals surface area contributed by atoms with Crippen molar-refractivity contribution in [1.29, 1.82) is 0 Å². The molecule has 0 atom stereocenters. The second kappa shape index (κ2) is 6.15. The second-order valence-corrected chi connectivity index (χ2v) is 6.83. The molecular formula is C14H17ClN4OS. The third kappa shape index (κ3) is 3.27. The number of nitrogens with one attached hydrogen (secondary N) is 1. The number of rotatable bonds is 5. The van der Waals surface area contributed by atoms with Crippen LogP contribution in [0.5, 0.6) is 0 Å². The molecule has 0 radical (unpaired) electrons. The minimum Gasteiger partial charge on any atom is -0.374 e. The highest BCUT2D eigenvalue weighted by Crippen LogP contribution is 2.27. The van der Waals surface area contributed by atoms with Crippen molar-refractivity contribution < 1.29 is 0 Å². The third-order valence-corrected chi connectivity index (χ3v) is 4.88. The number of hydrogen-bond donors (Lipinski definition) is 1. The highest BCUT2D eigenvalue weighted by Gasteiger charge is 2.20. The first-order valence-corrected chi connectivity index (χ1v) is 8.29. The summed E-state index contributed by atoms with van der Waals surface area (Å²) in [6.45, 7) is 3.13. The fraction of sp³-hybridized carbons (Fsp3) is 0.500. The van der Waals surface area contributed by atoms with Gasteiger partial charge in [-0.25, -0.2) is 9.67 Å². The van der Waals surface area contributed by atoms with Crippen molar-refractivity contribution in [3.05, 3.63) is 37.7 Å². The molecule has 2 heterocycles. The predicted octanol–water partition coefficient (Wildman–Crippen LogP) is 3.07. The zero-order chi connectivity index (χ0) is 14.8. The number of hydrogen-bond acceptors (Lipinski definition) is 5. The van der Waals surface area contributed by atoms with Gasteiger partial charge in [0, 0.05) is 11.9 Å². The van der Waals surface area contributed by atoms with Gasteiger partial charge in [-0.2, -0.15) is 5.10 Å². The van der Waals surface area contributed by atoms with Crippen LogP contribution in [0.3, 0.4) is 0 Å². The summed E-state index contributed by atoms with van der Waals surface area (Å²) >= 11 is 7.69. The number of halogens is 1. The van der Waals surface area contributed by atoms with Crippen LogP contribution in [0.15, 0.2) is 16.4 Å². The lowest BCUT2D eigenvalue weighted by Gasteiger charge is -2.25. The van der Waals surface area contributed by atoms with Gasteiger partial charge < -0.3 is 5.32 Å². The number of thiazole rings is 1. The number of nitrogens with zero attached hydrogens (tertiary/aromatic N) is 3. The van der Waals surface area contributed by atoms with E-state index in [4.69, 9.17) is 11.6 Å². The first kappa shape index (κ1) is 14.5. The SMILES string of the molecule is Cc1nc(CNc2c(Cl)cnn(CC3CCC3)c2=O)cs1. The lowest BCUT2D eigenvalue weighted by Crippen LogP contribution is -2.30. The van der Waals surface area contributed by atoms with Gasteiger partial charge in [0.05, 0.1) is 28.5 Å². The molecule has 7 heteroatoms. The zero-order valence-corrected chi connectivity index (χ0v) is 13.4. The van der Waals surface area contributed by atoms with Gasteiger partial charge in [-0.05, 0) is 25.7 Å². The molecule has 1 aliphatic carbocycles. The molecule has 1 aliphatic rings. The van der Waals surface area contributed by atoms with E-state index < -0.39 is 0 Å². The maximum Gasteiger partial charge on any atom is 0.291 e. The van der Waals surface area contributed by atoms with Gasteiger partial charge >= 0.3 is 0 Å². The number of aromatic nitrogens is 3. The Labute approximate surface area is 132 Å². The molecule has 3 rings (SSSR count). The van der Waals surface area contributed by atoms with Crippen molar-refractivity contribution in [2.45, 2.75) is 39.3 Å². The Hall–Kier alpha value is -1.40. The van der Waals surface area contributed by atoms with Crippen molar-refractivity contribution in [2.75, 3.05) is 5.32 Å². The highest BCUT2D eigenvalue weighted by molar-refractivity contribution is 7.09. The lowest BCUT2D eigenvalue weighted by molar-refractivity contribution is 0.262. The molecule has 0 aromatic carbocycles. The average molecular weight is 325 g/mol. The summed E-state index contributed by atoms with van der Waals surface area (Å²) in [5, 5.41) is 10.6. The van der Waals surface area contributed by atoms with E-state index in [2.05, 4.69) is 15.4 Å². The van der Waals surface area contributed by atoms with Crippen molar-refractivity contribution in [3.8, 4) is 0 Å². The summed E-state index contributed by atoms with van der Waals surface area (Å²) in [6.07, 6.45) is 5.15. The van der Waals surface area contributed by atoms with Crippen LogP contribution in [-0.4, -0.2) is 14.8 Å². The van der Waals surface area contributed by atoms with Gasteiger partial charge in [0.15, 0.2) is 0 Å². The molecule has 2 aromatic heterocycles. The van der Waals surface area contributed by atoms with Gasteiger partial charge in [0.2, 0.25) is 0 Å². The maximum atomic E-state index is 12.4. The number of aryl methyl sites for hydroxylation is 1. The first-order chi connectivity index (χ1) is 10.1. The van der Waals surface area contributed by atoms with E-state index in [0.29, 0.717) is 29.7 Å². The van der Waals surface area contributed by atoms with E-state index in [0.717, 1.165) is 10.7 Å². The molecule has 1 fully saturated rings. The average Bonchev–Trinajstić information content (AvgIpc) is 2.81. The monoisotopic (exact) mass is 324 g/mol. The quantitative estimate of drug-likeness (QED) is 0.918. The summed E-state index contributed by atoms with van der Waals surface area (Å²) < 4.78 is 1.52. The van der Waals surface area contributed by atoms with E-state index >= 15 is 0 Å². The third-order valence-electron chi connectivity index (χ3n) is 3.77. The van der Waals surface area contributed by atoms with Crippen LogP contribution in [0.2, 0.25) is 5.02 Å². The molecule has 0 unspecified atom stereocenters. The Bertz CT molecular complexity index is 693. The highest BCUT2D eigenvalue weighted by atomic mass is 35.5. The lowest BCUT2D eigenvalue weighted by atomic mass is 9.85. The molecule has 0 amide bonds. The standard InChI is InChI=1S/C14H17ClN4OS/c1-9-18-11(8-21-9)5-16-13-12(15)6-17-19(14(13)20)7-10-3-2-4-10/h6,8,10,16H,2-5,7H2,1H3. The fourth-order valence-corrected chi connectivity index (χ4v) is 3.15. The smallest absolute Gasteiger partial charge is 0.291 e. The van der Waals surface area contributed by atoms with E-state index in [-0.39, 0.29) is 5.56 Å². The van der Waals surface area contributed by atoms with Crippen molar-refractivity contribution >= 4 is 28.6 Å². The van der Waals surface area contributed by atoms with Crippen LogP contribution in [0.25, 0.3) is 0 Å². The van der Waals surface area contributed by atoms with E-state index in [1.54, 1.807) is 11.3 Å². The second-order valence-electron chi connectivity index (χ2n) is 5.36. The van der Waals surface area contributed by atoms with Crippen LogP contribution in [0.1, 0.15) is 30.0 Å².